The van der Waals surface area contributed by atoms with E-state index < -0.39 is 15.8 Å². The summed E-state index contributed by atoms with van der Waals surface area (Å²) in [5, 5.41) is 3.08. The molecular weight excluding hydrogens is 361 g/mol. The van der Waals surface area contributed by atoms with Crippen LogP contribution >= 0.6 is 11.3 Å². The molecule has 2 heterocycles. The lowest BCUT2D eigenvalue weighted by Gasteiger charge is -2.07. The Labute approximate surface area is 149 Å². The summed E-state index contributed by atoms with van der Waals surface area (Å²) in [5.74, 6) is -0.0762. The van der Waals surface area contributed by atoms with Crippen LogP contribution in [0.4, 0.5) is 10.2 Å². The number of halogens is 1. The largest absolute Gasteiger partial charge is 0.365 e. The van der Waals surface area contributed by atoms with Crippen molar-refractivity contribution < 1.29 is 12.8 Å². The van der Waals surface area contributed by atoms with E-state index in [1.165, 1.54) is 23.1 Å². The van der Waals surface area contributed by atoms with Crippen LogP contribution in [-0.2, 0) is 16.4 Å². The first-order valence-electron chi connectivity index (χ1n) is 7.45. The van der Waals surface area contributed by atoms with Gasteiger partial charge in [0.2, 0.25) is 5.95 Å². The Balaban J connectivity index is 1.83. The summed E-state index contributed by atoms with van der Waals surface area (Å²) in [7, 11) is -3.28. The van der Waals surface area contributed by atoms with Crippen LogP contribution < -0.4 is 5.32 Å². The quantitative estimate of drug-likeness (QED) is 0.687. The smallest absolute Gasteiger partial charge is 0.218 e. The summed E-state index contributed by atoms with van der Waals surface area (Å²) in [6, 6.07) is 11.3. The molecule has 2 aromatic heterocycles. The van der Waals surface area contributed by atoms with Crippen molar-refractivity contribution in [1.82, 2.24) is 9.97 Å². The van der Waals surface area contributed by atoms with E-state index in [9.17, 15) is 12.8 Å². The van der Waals surface area contributed by atoms with E-state index in [-0.39, 0.29) is 10.7 Å². The standard InChI is InChI=1S/C17H16FN3O2S2/c1-11-3-6-13(24-11)10-19-16-9-15(18)20-17(21-16)12-4-7-14(8-5-12)25(2,22)23/h3-9H,10H2,1-2H3,(H,19,20,21). The van der Waals surface area contributed by atoms with Gasteiger partial charge >= 0.3 is 0 Å². The molecule has 0 aliphatic carbocycles. The molecule has 1 aromatic carbocycles. The minimum atomic E-state index is -3.28. The van der Waals surface area contributed by atoms with Crippen LogP contribution in [-0.4, -0.2) is 24.6 Å². The first kappa shape index (κ1) is 17.5. The Morgan fingerprint density at radius 3 is 2.44 bits per heavy atom. The van der Waals surface area contributed by atoms with Gasteiger partial charge in [0, 0.05) is 27.6 Å². The average molecular weight is 377 g/mol. The number of anilines is 1. The third-order valence-corrected chi connectivity index (χ3v) is 5.60. The Morgan fingerprint density at radius 1 is 1.12 bits per heavy atom. The van der Waals surface area contributed by atoms with Crippen molar-refractivity contribution in [3.05, 3.63) is 58.2 Å². The fourth-order valence-corrected chi connectivity index (χ4v) is 3.71. The third kappa shape index (κ3) is 4.40. The molecule has 5 nitrogen and oxygen atoms in total. The SMILES string of the molecule is Cc1ccc(CNc2cc(F)nc(-c3ccc(S(C)(=O)=O)cc3)n2)s1. The lowest BCUT2D eigenvalue weighted by Crippen LogP contribution is -2.03. The second kappa shape index (κ2) is 6.89. The number of rotatable bonds is 5. The molecule has 130 valence electrons. The minimum Gasteiger partial charge on any atom is -0.365 e. The maximum absolute atomic E-state index is 13.8. The molecule has 25 heavy (non-hydrogen) atoms. The number of sulfone groups is 1. The van der Waals surface area contributed by atoms with E-state index >= 15 is 0 Å². The fraction of sp³-hybridized carbons (Fsp3) is 0.176. The van der Waals surface area contributed by atoms with Crippen LogP contribution in [0.3, 0.4) is 0 Å². The summed E-state index contributed by atoms with van der Waals surface area (Å²) < 4.78 is 36.8. The molecule has 0 radical (unpaired) electrons. The molecule has 3 rings (SSSR count). The van der Waals surface area contributed by atoms with Gasteiger partial charge in [-0.2, -0.15) is 9.37 Å². The molecule has 0 saturated heterocycles. The Hall–Kier alpha value is -2.32. The van der Waals surface area contributed by atoms with Gasteiger partial charge in [-0.1, -0.05) is 0 Å². The highest BCUT2D eigenvalue weighted by Crippen LogP contribution is 2.21. The van der Waals surface area contributed by atoms with Crippen molar-refractivity contribution >= 4 is 27.0 Å². The van der Waals surface area contributed by atoms with Gasteiger partial charge in [-0.25, -0.2) is 13.4 Å². The minimum absolute atomic E-state index is 0.194. The van der Waals surface area contributed by atoms with Crippen LogP contribution in [0.2, 0.25) is 0 Å². The predicted molar refractivity (Wildman–Crippen MR) is 96.9 cm³/mol. The van der Waals surface area contributed by atoms with Gasteiger partial charge in [-0.3, -0.25) is 0 Å². The fourth-order valence-electron chi connectivity index (χ4n) is 2.25. The van der Waals surface area contributed by atoms with Crippen LogP contribution in [0.1, 0.15) is 9.75 Å². The van der Waals surface area contributed by atoms with Crippen molar-refractivity contribution in [3.63, 3.8) is 0 Å². The topological polar surface area (TPSA) is 72.0 Å². The van der Waals surface area contributed by atoms with Gasteiger partial charge in [0.25, 0.3) is 0 Å². The monoisotopic (exact) mass is 377 g/mol. The second-order valence-electron chi connectivity index (χ2n) is 5.56. The number of nitrogens with zero attached hydrogens (tertiary/aromatic N) is 2. The molecule has 8 heteroatoms. The molecule has 0 aliphatic rings. The first-order valence-corrected chi connectivity index (χ1v) is 10.2. The summed E-state index contributed by atoms with van der Waals surface area (Å²) in [4.78, 5) is 10.6. The lowest BCUT2D eigenvalue weighted by atomic mass is 10.2. The number of benzene rings is 1. The zero-order chi connectivity index (χ0) is 18.0. The van der Waals surface area contributed by atoms with Gasteiger partial charge in [-0.15, -0.1) is 11.3 Å². The van der Waals surface area contributed by atoms with E-state index in [1.807, 2.05) is 19.1 Å². The molecule has 3 aromatic rings. The highest BCUT2D eigenvalue weighted by molar-refractivity contribution is 7.90. The van der Waals surface area contributed by atoms with Crippen LogP contribution in [0, 0.1) is 12.9 Å². The Kier molecular flexibility index (Phi) is 4.82. The van der Waals surface area contributed by atoms with Crippen molar-refractivity contribution in [2.75, 3.05) is 11.6 Å². The van der Waals surface area contributed by atoms with Gasteiger partial charge in [0.1, 0.15) is 5.82 Å². The summed E-state index contributed by atoms with van der Waals surface area (Å²) in [6.45, 7) is 2.57. The van der Waals surface area contributed by atoms with Gasteiger partial charge in [0.15, 0.2) is 15.7 Å². The summed E-state index contributed by atoms with van der Waals surface area (Å²) >= 11 is 1.66. The van der Waals surface area contributed by atoms with Crippen LogP contribution in [0.15, 0.2) is 47.4 Å². The van der Waals surface area contributed by atoms with Crippen molar-refractivity contribution in [2.45, 2.75) is 18.4 Å². The number of aromatic nitrogens is 2. The molecule has 0 saturated carbocycles. The molecule has 0 fully saturated rings. The molecule has 0 amide bonds. The number of hydrogen-bond acceptors (Lipinski definition) is 6. The maximum atomic E-state index is 13.8. The highest BCUT2D eigenvalue weighted by atomic mass is 32.2. The van der Waals surface area contributed by atoms with E-state index in [4.69, 9.17) is 0 Å². The van der Waals surface area contributed by atoms with E-state index in [1.54, 1.807) is 23.5 Å². The van der Waals surface area contributed by atoms with Crippen molar-refractivity contribution in [1.29, 1.82) is 0 Å². The Bertz CT molecular complexity index is 999. The normalized spacial score (nSPS) is 11.5. The molecule has 0 aliphatic heterocycles. The Morgan fingerprint density at radius 2 is 1.84 bits per heavy atom. The van der Waals surface area contributed by atoms with Crippen LogP contribution in [0.25, 0.3) is 11.4 Å². The first-order chi connectivity index (χ1) is 11.8. The van der Waals surface area contributed by atoms with E-state index in [0.29, 0.717) is 17.9 Å². The number of nitrogens with one attached hydrogen (secondary N) is 1. The van der Waals surface area contributed by atoms with Gasteiger partial charge in [0.05, 0.1) is 11.4 Å². The van der Waals surface area contributed by atoms with Crippen LogP contribution in [0.5, 0.6) is 0 Å². The summed E-state index contributed by atoms with van der Waals surface area (Å²) in [6.07, 6.45) is 1.13. The zero-order valence-electron chi connectivity index (χ0n) is 13.7. The number of hydrogen-bond donors (Lipinski definition) is 1. The second-order valence-corrected chi connectivity index (χ2v) is 8.95. The van der Waals surface area contributed by atoms with E-state index in [0.717, 1.165) is 11.1 Å². The molecule has 0 unspecified atom stereocenters. The number of thiophene rings is 1. The average Bonchev–Trinajstić information content (AvgIpc) is 2.97. The van der Waals surface area contributed by atoms with Crippen molar-refractivity contribution in [2.24, 2.45) is 0 Å². The molecule has 1 N–H and O–H groups in total. The molecule has 0 atom stereocenters. The zero-order valence-corrected chi connectivity index (χ0v) is 15.3. The van der Waals surface area contributed by atoms with E-state index in [2.05, 4.69) is 15.3 Å². The molecular formula is C17H16FN3O2S2. The molecule has 0 bridgehead atoms. The molecule has 0 spiro atoms. The highest BCUT2D eigenvalue weighted by Gasteiger charge is 2.10. The lowest BCUT2D eigenvalue weighted by molar-refractivity contribution is 0.582. The van der Waals surface area contributed by atoms with Gasteiger partial charge in [-0.05, 0) is 43.3 Å². The van der Waals surface area contributed by atoms with Crippen molar-refractivity contribution in [3.8, 4) is 11.4 Å². The summed E-state index contributed by atoms with van der Waals surface area (Å²) in [5.41, 5.74) is 0.543. The van der Waals surface area contributed by atoms with Gasteiger partial charge < -0.3 is 5.32 Å². The third-order valence-electron chi connectivity index (χ3n) is 3.48. The number of aryl methyl sites for hydroxylation is 1. The maximum Gasteiger partial charge on any atom is 0.218 e. The predicted octanol–water partition coefficient (Wildman–Crippen LogP) is 3.67.